The molecule has 0 radical (unpaired) electrons. The number of nitrogens with zero attached hydrogens (tertiary/aromatic N) is 2. The molecule has 0 aliphatic heterocycles. The van der Waals surface area contributed by atoms with Gasteiger partial charge in [-0.25, -0.2) is 10.2 Å². The maximum atomic E-state index is 12.6. The lowest BCUT2D eigenvalue weighted by Gasteiger charge is -2.10. The van der Waals surface area contributed by atoms with E-state index in [0.29, 0.717) is 34.0 Å². The van der Waals surface area contributed by atoms with Crippen molar-refractivity contribution in [2.45, 2.75) is 45.4 Å². The van der Waals surface area contributed by atoms with Gasteiger partial charge in [0.2, 0.25) is 0 Å². The summed E-state index contributed by atoms with van der Waals surface area (Å²) >= 11 is 1.34. The zero-order valence-electron chi connectivity index (χ0n) is 22.8. The van der Waals surface area contributed by atoms with Gasteiger partial charge in [0.25, 0.3) is 0 Å². The molecule has 10 nitrogen and oxygen atoms in total. The van der Waals surface area contributed by atoms with E-state index >= 15 is 0 Å². The monoisotopic (exact) mass is 574 g/mol. The van der Waals surface area contributed by atoms with Crippen molar-refractivity contribution in [3.05, 3.63) is 69.6 Å². The minimum absolute atomic E-state index is 0.202. The minimum atomic E-state index is -0.976. The Morgan fingerprint density at radius 2 is 1.85 bits per heavy atom. The highest BCUT2D eigenvalue weighted by Gasteiger charge is 2.23. The summed E-state index contributed by atoms with van der Waals surface area (Å²) in [6.45, 7) is 2.70. The number of hydrogen-bond acceptors (Lipinski definition) is 9. The van der Waals surface area contributed by atoms with E-state index in [1.165, 1.54) is 30.7 Å². The third-order valence-electron chi connectivity index (χ3n) is 6.34. The molecule has 0 unspecified atom stereocenters. The minimum Gasteiger partial charge on any atom is -0.494 e. The third kappa shape index (κ3) is 7.49. The molecule has 11 heteroatoms. The van der Waals surface area contributed by atoms with E-state index in [2.05, 4.69) is 28.8 Å². The molecule has 0 bridgehead atoms. The standard InChI is InChI=1S/C30H30N4O6S/c1-3-4-15-39-21-12-10-20(11-13-21)30(37)40-24-14-9-19(16-25(24)38-2)18-32-34-28(36)27(35)33-29-23(17-31)22-7-5-6-8-26(22)41-29/h9-14,16,18H,3-8,15H2,1-2H3,(H,33,35)(H,34,36)/b32-18+. The molecule has 2 amide bonds. The molecular formula is C30H30N4O6S. The summed E-state index contributed by atoms with van der Waals surface area (Å²) in [7, 11) is 1.43. The van der Waals surface area contributed by atoms with E-state index < -0.39 is 17.8 Å². The van der Waals surface area contributed by atoms with E-state index in [9.17, 15) is 19.6 Å². The van der Waals surface area contributed by atoms with Gasteiger partial charge in [0, 0.05) is 4.88 Å². The molecule has 0 atom stereocenters. The fourth-order valence-electron chi connectivity index (χ4n) is 4.18. The Bertz CT molecular complexity index is 1490. The van der Waals surface area contributed by atoms with Crippen LogP contribution in [-0.2, 0) is 22.4 Å². The van der Waals surface area contributed by atoms with Gasteiger partial charge in [-0.2, -0.15) is 10.4 Å². The van der Waals surface area contributed by atoms with Crippen LogP contribution in [0.1, 0.15) is 64.5 Å². The van der Waals surface area contributed by atoms with E-state index in [-0.39, 0.29) is 11.5 Å². The summed E-state index contributed by atoms with van der Waals surface area (Å²) in [6.07, 6.45) is 7.00. The zero-order chi connectivity index (χ0) is 29.2. The molecule has 3 aromatic rings. The summed E-state index contributed by atoms with van der Waals surface area (Å²) in [4.78, 5) is 38.4. The van der Waals surface area contributed by atoms with E-state index in [1.807, 2.05) is 0 Å². The van der Waals surface area contributed by atoms with Crippen LogP contribution in [-0.4, -0.2) is 37.7 Å². The number of carbonyl (C=O) groups excluding carboxylic acids is 3. The van der Waals surface area contributed by atoms with Crippen LogP contribution in [0.2, 0.25) is 0 Å². The number of anilines is 1. The van der Waals surface area contributed by atoms with Crippen molar-refractivity contribution in [2.24, 2.45) is 5.10 Å². The van der Waals surface area contributed by atoms with Crippen molar-refractivity contribution in [2.75, 3.05) is 19.0 Å². The Kier molecular flexibility index (Phi) is 10.1. The lowest BCUT2D eigenvalue weighted by atomic mass is 9.96. The van der Waals surface area contributed by atoms with Crippen LogP contribution < -0.4 is 25.0 Å². The number of hydrogen-bond donors (Lipinski definition) is 2. The molecule has 1 aliphatic carbocycles. The van der Waals surface area contributed by atoms with Crippen LogP contribution in [0.3, 0.4) is 0 Å². The molecule has 0 saturated heterocycles. The quantitative estimate of drug-likeness (QED) is 0.0868. The van der Waals surface area contributed by atoms with Crippen LogP contribution >= 0.6 is 11.3 Å². The van der Waals surface area contributed by atoms with Crippen LogP contribution in [0.5, 0.6) is 17.2 Å². The van der Waals surface area contributed by atoms with Crippen LogP contribution in [0, 0.1) is 11.3 Å². The molecule has 4 rings (SSSR count). The van der Waals surface area contributed by atoms with Crippen molar-refractivity contribution in [3.8, 4) is 23.3 Å². The summed E-state index contributed by atoms with van der Waals surface area (Å²) < 4.78 is 16.5. The Hall–Kier alpha value is -4.69. The number of fused-ring (bicyclic) bond motifs is 1. The molecule has 1 heterocycles. The first-order valence-electron chi connectivity index (χ1n) is 13.3. The topological polar surface area (TPSA) is 139 Å². The van der Waals surface area contributed by atoms with Crippen LogP contribution in [0.25, 0.3) is 0 Å². The molecule has 2 N–H and O–H groups in total. The lowest BCUT2D eigenvalue weighted by molar-refractivity contribution is -0.136. The fraction of sp³-hybridized carbons (Fsp3) is 0.300. The zero-order valence-corrected chi connectivity index (χ0v) is 23.6. The molecule has 212 valence electrons. The second kappa shape index (κ2) is 14.1. The summed E-state index contributed by atoms with van der Waals surface area (Å²) in [6, 6.07) is 13.6. The molecule has 1 aliphatic rings. The Morgan fingerprint density at radius 1 is 1.07 bits per heavy atom. The lowest BCUT2D eigenvalue weighted by Crippen LogP contribution is -2.32. The van der Waals surface area contributed by atoms with Crippen molar-refractivity contribution in [3.63, 3.8) is 0 Å². The number of rotatable bonds is 10. The number of aryl methyl sites for hydroxylation is 1. The average molecular weight is 575 g/mol. The summed E-state index contributed by atoms with van der Waals surface area (Å²) in [5.41, 5.74) is 4.45. The maximum Gasteiger partial charge on any atom is 0.343 e. The number of methoxy groups -OCH3 is 1. The second-order valence-electron chi connectivity index (χ2n) is 9.21. The number of esters is 1. The van der Waals surface area contributed by atoms with Crippen molar-refractivity contribution < 1.29 is 28.6 Å². The molecular weight excluding hydrogens is 544 g/mol. The Balaban J connectivity index is 1.33. The highest BCUT2D eigenvalue weighted by atomic mass is 32.1. The van der Waals surface area contributed by atoms with Crippen molar-refractivity contribution in [1.82, 2.24) is 5.43 Å². The largest absolute Gasteiger partial charge is 0.494 e. The normalized spacial score (nSPS) is 12.2. The van der Waals surface area contributed by atoms with Gasteiger partial charge in [-0.05, 0) is 85.7 Å². The predicted octanol–water partition coefficient (Wildman–Crippen LogP) is 4.99. The number of hydrazone groups is 1. The van der Waals surface area contributed by atoms with Crippen LogP contribution in [0.15, 0.2) is 47.6 Å². The number of carbonyl (C=O) groups is 3. The van der Waals surface area contributed by atoms with Gasteiger partial charge in [0.1, 0.15) is 16.8 Å². The highest BCUT2D eigenvalue weighted by Crippen LogP contribution is 2.37. The second-order valence-corrected chi connectivity index (χ2v) is 10.3. The first-order chi connectivity index (χ1) is 19.9. The van der Waals surface area contributed by atoms with E-state index in [0.717, 1.165) is 49.0 Å². The number of nitrogens with one attached hydrogen (secondary N) is 2. The first kappa shape index (κ1) is 29.3. The van der Waals surface area contributed by atoms with Gasteiger partial charge >= 0.3 is 17.8 Å². The highest BCUT2D eigenvalue weighted by molar-refractivity contribution is 7.16. The van der Waals surface area contributed by atoms with Gasteiger partial charge < -0.3 is 19.5 Å². The average Bonchev–Trinajstić information content (AvgIpc) is 3.34. The molecule has 1 aromatic heterocycles. The molecule has 0 spiro atoms. The number of unbranched alkanes of at least 4 members (excludes halogenated alkanes) is 1. The summed E-state index contributed by atoms with van der Waals surface area (Å²) in [5, 5.41) is 16.3. The smallest absolute Gasteiger partial charge is 0.343 e. The summed E-state index contributed by atoms with van der Waals surface area (Å²) in [5.74, 6) is -1.30. The number of amides is 2. The Labute approximate surface area is 241 Å². The van der Waals surface area contributed by atoms with Gasteiger partial charge in [0.15, 0.2) is 11.5 Å². The maximum absolute atomic E-state index is 12.6. The Morgan fingerprint density at radius 3 is 2.59 bits per heavy atom. The van der Waals surface area contributed by atoms with E-state index in [1.54, 1.807) is 36.4 Å². The number of ether oxygens (including phenoxy) is 3. The molecule has 0 fully saturated rings. The van der Waals surface area contributed by atoms with Crippen LogP contribution in [0.4, 0.5) is 5.00 Å². The number of nitriles is 1. The first-order valence-corrected chi connectivity index (χ1v) is 14.1. The molecule has 41 heavy (non-hydrogen) atoms. The SMILES string of the molecule is CCCCOc1ccc(C(=O)Oc2ccc(/C=N/NC(=O)C(=O)Nc3sc4c(c3C#N)CCCC4)cc2OC)cc1. The van der Waals surface area contributed by atoms with Gasteiger partial charge in [-0.15, -0.1) is 11.3 Å². The van der Waals surface area contributed by atoms with E-state index in [4.69, 9.17) is 14.2 Å². The predicted molar refractivity (Wildman–Crippen MR) is 155 cm³/mol. The van der Waals surface area contributed by atoms with Gasteiger partial charge in [0.05, 0.1) is 31.1 Å². The fourth-order valence-corrected chi connectivity index (χ4v) is 5.41. The van der Waals surface area contributed by atoms with Gasteiger partial charge in [-0.1, -0.05) is 13.3 Å². The van der Waals surface area contributed by atoms with Gasteiger partial charge in [-0.3, -0.25) is 9.59 Å². The molecule has 2 aromatic carbocycles. The molecule has 0 saturated carbocycles. The number of benzene rings is 2. The van der Waals surface area contributed by atoms with Crippen molar-refractivity contribution >= 4 is 40.3 Å². The van der Waals surface area contributed by atoms with Crippen molar-refractivity contribution in [1.29, 1.82) is 5.26 Å². The third-order valence-corrected chi connectivity index (χ3v) is 7.55. The number of thiophene rings is 1.